The zero-order valence-electron chi connectivity index (χ0n) is 11.3. The minimum atomic E-state index is -0.000495. The molecule has 0 aliphatic rings. The molecule has 0 bridgehead atoms. The Morgan fingerprint density at radius 2 is 2.15 bits per heavy atom. The third kappa shape index (κ3) is 2.30. The van der Waals surface area contributed by atoms with Crippen LogP contribution in [0.5, 0.6) is 0 Å². The first kappa shape index (κ1) is 12.8. The van der Waals surface area contributed by atoms with Gasteiger partial charge in [-0.05, 0) is 29.1 Å². The van der Waals surface area contributed by atoms with Crippen LogP contribution in [0.25, 0.3) is 10.2 Å². The van der Waals surface area contributed by atoms with Crippen LogP contribution >= 0.6 is 11.3 Å². The Hall–Kier alpha value is -2.21. The van der Waals surface area contributed by atoms with Crippen molar-refractivity contribution >= 4 is 27.4 Å². The summed E-state index contributed by atoms with van der Waals surface area (Å²) in [5.41, 5.74) is 1.03. The predicted octanol–water partition coefficient (Wildman–Crippen LogP) is 1.97. The summed E-state index contributed by atoms with van der Waals surface area (Å²) in [4.78, 5) is 23.6. The first-order valence-corrected chi connectivity index (χ1v) is 7.08. The van der Waals surface area contributed by atoms with Crippen molar-refractivity contribution < 1.29 is 0 Å². The molecular weight excluding hydrogens is 272 g/mol. The molecular formula is C14H14N4OS. The summed E-state index contributed by atoms with van der Waals surface area (Å²) < 4.78 is 1.63. The first-order valence-electron chi connectivity index (χ1n) is 6.20. The Kier molecular flexibility index (Phi) is 3.23. The van der Waals surface area contributed by atoms with Gasteiger partial charge in [-0.25, -0.2) is 9.97 Å². The van der Waals surface area contributed by atoms with Crippen LogP contribution in [-0.2, 0) is 6.54 Å². The summed E-state index contributed by atoms with van der Waals surface area (Å²) in [6, 6.07) is 5.71. The van der Waals surface area contributed by atoms with Crippen LogP contribution in [0.3, 0.4) is 0 Å². The van der Waals surface area contributed by atoms with E-state index < -0.39 is 0 Å². The molecule has 0 spiro atoms. The minimum absolute atomic E-state index is 0.000495. The Balaban J connectivity index is 1.99. The predicted molar refractivity (Wildman–Crippen MR) is 81.5 cm³/mol. The maximum Gasteiger partial charge on any atom is 0.262 e. The number of thiophene rings is 1. The third-order valence-corrected chi connectivity index (χ3v) is 3.89. The van der Waals surface area contributed by atoms with Gasteiger partial charge < -0.3 is 4.90 Å². The van der Waals surface area contributed by atoms with Gasteiger partial charge in [-0.1, -0.05) is 0 Å². The number of pyridine rings is 1. The average Bonchev–Trinajstić information content (AvgIpc) is 2.91. The lowest BCUT2D eigenvalue weighted by atomic mass is 10.2. The molecule has 0 atom stereocenters. The van der Waals surface area contributed by atoms with Crippen molar-refractivity contribution in [3.8, 4) is 0 Å². The second kappa shape index (κ2) is 5.05. The molecule has 6 heteroatoms. The molecule has 0 saturated heterocycles. The maximum atomic E-state index is 12.3. The zero-order valence-corrected chi connectivity index (χ0v) is 12.1. The van der Waals surface area contributed by atoms with E-state index in [9.17, 15) is 4.79 Å². The van der Waals surface area contributed by atoms with Gasteiger partial charge in [0.25, 0.3) is 5.56 Å². The molecule has 20 heavy (non-hydrogen) atoms. The van der Waals surface area contributed by atoms with Crippen molar-refractivity contribution in [2.45, 2.75) is 6.54 Å². The summed E-state index contributed by atoms with van der Waals surface area (Å²) in [5, 5.41) is 2.57. The summed E-state index contributed by atoms with van der Waals surface area (Å²) in [6.07, 6.45) is 3.36. The number of nitrogens with zero attached hydrogens (tertiary/aromatic N) is 4. The average molecular weight is 286 g/mol. The highest BCUT2D eigenvalue weighted by atomic mass is 32.1. The molecule has 0 amide bonds. The highest BCUT2D eigenvalue weighted by Gasteiger charge is 2.06. The number of fused-ring (bicyclic) bond motifs is 1. The second-order valence-corrected chi connectivity index (χ2v) is 5.63. The van der Waals surface area contributed by atoms with Gasteiger partial charge in [-0.2, -0.15) is 0 Å². The third-order valence-electron chi connectivity index (χ3n) is 3.07. The molecule has 0 aliphatic carbocycles. The Morgan fingerprint density at radius 1 is 1.30 bits per heavy atom. The van der Waals surface area contributed by atoms with Crippen molar-refractivity contribution in [2.24, 2.45) is 0 Å². The van der Waals surface area contributed by atoms with E-state index in [1.165, 1.54) is 11.3 Å². The molecule has 0 radical (unpaired) electrons. The molecule has 5 nitrogen and oxygen atoms in total. The van der Waals surface area contributed by atoms with Crippen molar-refractivity contribution in [1.82, 2.24) is 14.5 Å². The van der Waals surface area contributed by atoms with Gasteiger partial charge in [0, 0.05) is 20.3 Å². The van der Waals surface area contributed by atoms with E-state index in [0.717, 1.165) is 16.2 Å². The molecule has 3 heterocycles. The fourth-order valence-electron chi connectivity index (χ4n) is 2.01. The zero-order chi connectivity index (χ0) is 14.1. The van der Waals surface area contributed by atoms with Crippen LogP contribution in [0.4, 0.5) is 5.82 Å². The Morgan fingerprint density at radius 3 is 2.95 bits per heavy atom. The van der Waals surface area contributed by atoms with Crippen LogP contribution in [0.15, 0.2) is 40.9 Å². The normalized spacial score (nSPS) is 10.9. The van der Waals surface area contributed by atoms with Gasteiger partial charge in [-0.15, -0.1) is 11.3 Å². The number of hydrogen-bond donors (Lipinski definition) is 0. The van der Waals surface area contributed by atoms with Crippen molar-refractivity contribution in [3.63, 3.8) is 0 Å². The Labute approximate surface area is 120 Å². The lowest BCUT2D eigenvalue weighted by Crippen LogP contribution is -2.20. The summed E-state index contributed by atoms with van der Waals surface area (Å²) in [5.74, 6) is 0.875. The maximum absolute atomic E-state index is 12.3. The van der Waals surface area contributed by atoms with Gasteiger partial charge in [-0.3, -0.25) is 9.36 Å². The minimum Gasteiger partial charge on any atom is -0.363 e. The van der Waals surface area contributed by atoms with E-state index in [1.807, 2.05) is 42.6 Å². The molecule has 3 rings (SSSR count). The molecule has 0 aromatic carbocycles. The van der Waals surface area contributed by atoms with Crippen molar-refractivity contribution in [1.29, 1.82) is 0 Å². The number of anilines is 1. The van der Waals surface area contributed by atoms with Crippen LogP contribution in [0.1, 0.15) is 5.56 Å². The molecule has 102 valence electrons. The van der Waals surface area contributed by atoms with E-state index >= 15 is 0 Å². The van der Waals surface area contributed by atoms with Gasteiger partial charge in [0.05, 0.1) is 18.3 Å². The highest BCUT2D eigenvalue weighted by molar-refractivity contribution is 7.16. The van der Waals surface area contributed by atoms with Crippen LogP contribution in [-0.4, -0.2) is 28.6 Å². The summed E-state index contributed by atoms with van der Waals surface area (Å²) >= 11 is 1.48. The van der Waals surface area contributed by atoms with Crippen molar-refractivity contribution in [3.05, 3.63) is 52.0 Å². The quantitative estimate of drug-likeness (QED) is 0.738. The largest absolute Gasteiger partial charge is 0.363 e. The summed E-state index contributed by atoms with van der Waals surface area (Å²) in [6.45, 7) is 0.501. The number of rotatable bonds is 3. The van der Waals surface area contributed by atoms with Crippen molar-refractivity contribution in [2.75, 3.05) is 19.0 Å². The number of hydrogen-bond acceptors (Lipinski definition) is 5. The first-order chi connectivity index (χ1) is 9.65. The van der Waals surface area contributed by atoms with E-state index in [-0.39, 0.29) is 5.56 Å². The van der Waals surface area contributed by atoms with Gasteiger partial charge in [0.2, 0.25) is 0 Å². The lowest BCUT2D eigenvalue weighted by Gasteiger charge is -2.12. The van der Waals surface area contributed by atoms with Crippen LogP contribution in [0, 0.1) is 0 Å². The molecule has 3 aromatic rings. The van der Waals surface area contributed by atoms with Gasteiger partial charge in [0.1, 0.15) is 10.6 Å². The SMILES string of the molecule is CN(C)c1cc(Cn2cnc3sccc3c2=O)ccn1. The molecule has 0 unspecified atom stereocenters. The molecule has 0 fully saturated rings. The van der Waals surface area contributed by atoms with Crippen LogP contribution in [0.2, 0.25) is 0 Å². The van der Waals surface area contributed by atoms with E-state index in [0.29, 0.717) is 11.9 Å². The molecule has 0 saturated carbocycles. The summed E-state index contributed by atoms with van der Waals surface area (Å²) in [7, 11) is 3.88. The highest BCUT2D eigenvalue weighted by Crippen LogP contribution is 2.14. The van der Waals surface area contributed by atoms with E-state index in [2.05, 4.69) is 9.97 Å². The second-order valence-electron chi connectivity index (χ2n) is 4.73. The number of aromatic nitrogens is 3. The fraction of sp³-hybridized carbons (Fsp3) is 0.214. The Bertz CT molecular complexity index is 806. The standard InChI is InChI=1S/C14H14N4OS/c1-17(2)12-7-10(3-5-15-12)8-18-9-16-13-11(14(18)19)4-6-20-13/h3-7,9H,8H2,1-2H3. The van der Waals surface area contributed by atoms with E-state index in [4.69, 9.17) is 0 Å². The molecule has 0 aliphatic heterocycles. The van der Waals surface area contributed by atoms with Crippen LogP contribution < -0.4 is 10.5 Å². The monoisotopic (exact) mass is 286 g/mol. The van der Waals surface area contributed by atoms with E-state index in [1.54, 1.807) is 17.1 Å². The van der Waals surface area contributed by atoms with Gasteiger partial charge in [0.15, 0.2) is 0 Å². The molecule has 3 aromatic heterocycles. The molecule has 0 N–H and O–H groups in total. The smallest absolute Gasteiger partial charge is 0.262 e. The fourth-order valence-corrected chi connectivity index (χ4v) is 2.73. The topological polar surface area (TPSA) is 51.0 Å². The lowest BCUT2D eigenvalue weighted by molar-refractivity contribution is 0.748. The van der Waals surface area contributed by atoms with Gasteiger partial charge >= 0.3 is 0 Å².